The highest BCUT2D eigenvalue weighted by atomic mass is 16.4. The van der Waals surface area contributed by atoms with Crippen molar-refractivity contribution < 1.29 is 14.7 Å². The Hall–Kier alpha value is -1.10. The van der Waals surface area contributed by atoms with Gasteiger partial charge in [0.2, 0.25) is 5.91 Å². The molecule has 1 fully saturated rings. The Morgan fingerprint density at radius 1 is 1.25 bits per heavy atom. The molecule has 116 valence electrons. The highest BCUT2D eigenvalue weighted by Gasteiger charge is 2.30. The first-order chi connectivity index (χ1) is 9.25. The van der Waals surface area contributed by atoms with Gasteiger partial charge in [0.15, 0.2) is 0 Å². The zero-order valence-corrected chi connectivity index (χ0v) is 13.2. The second-order valence-electron chi connectivity index (χ2n) is 6.58. The number of amides is 1. The summed E-state index contributed by atoms with van der Waals surface area (Å²) in [6, 6.07) is 0.297. The van der Waals surface area contributed by atoms with E-state index in [2.05, 4.69) is 11.8 Å². The fourth-order valence-corrected chi connectivity index (χ4v) is 2.83. The first-order valence-electron chi connectivity index (χ1n) is 7.45. The van der Waals surface area contributed by atoms with E-state index in [9.17, 15) is 9.59 Å². The van der Waals surface area contributed by atoms with Gasteiger partial charge in [-0.1, -0.05) is 20.8 Å². The van der Waals surface area contributed by atoms with Crippen LogP contribution in [0.3, 0.4) is 0 Å². The van der Waals surface area contributed by atoms with Gasteiger partial charge in [-0.25, -0.2) is 0 Å². The number of likely N-dealkylation sites (tertiary alicyclic amines) is 1. The van der Waals surface area contributed by atoms with E-state index >= 15 is 0 Å². The van der Waals surface area contributed by atoms with Crippen molar-refractivity contribution in [2.24, 2.45) is 5.41 Å². The summed E-state index contributed by atoms with van der Waals surface area (Å²) in [6.07, 6.45) is 2.34. The van der Waals surface area contributed by atoms with Crippen LogP contribution < -0.4 is 0 Å². The summed E-state index contributed by atoms with van der Waals surface area (Å²) in [6.45, 7) is 8.98. The Morgan fingerprint density at radius 3 is 2.25 bits per heavy atom. The van der Waals surface area contributed by atoms with Crippen molar-refractivity contribution in [3.05, 3.63) is 0 Å². The van der Waals surface area contributed by atoms with Gasteiger partial charge in [-0.2, -0.15) is 0 Å². The molecule has 0 spiro atoms. The lowest BCUT2D eigenvalue weighted by molar-refractivity contribution is -0.141. The second-order valence-corrected chi connectivity index (χ2v) is 6.58. The third-order valence-corrected chi connectivity index (χ3v) is 4.20. The molecule has 1 amide bonds. The van der Waals surface area contributed by atoms with Crippen LogP contribution in [0, 0.1) is 5.41 Å². The van der Waals surface area contributed by atoms with Gasteiger partial charge in [0, 0.05) is 32.6 Å². The summed E-state index contributed by atoms with van der Waals surface area (Å²) >= 11 is 0. The van der Waals surface area contributed by atoms with Gasteiger partial charge in [0.1, 0.15) is 0 Å². The molecule has 20 heavy (non-hydrogen) atoms. The molecule has 1 aliphatic rings. The fraction of sp³-hybridized carbons (Fsp3) is 0.867. The van der Waals surface area contributed by atoms with E-state index in [1.165, 1.54) is 0 Å². The van der Waals surface area contributed by atoms with Gasteiger partial charge in [0.25, 0.3) is 0 Å². The van der Waals surface area contributed by atoms with E-state index in [1.54, 1.807) is 0 Å². The maximum Gasteiger partial charge on any atom is 0.303 e. The number of carbonyl (C=O) groups is 2. The zero-order chi connectivity index (χ0) is 15.3. The van der Waals surface area contributed by atoms with Crippen molar-refractivity contribution in [2.45, 2.75) is 52.5 Å². The third-order valence-electron chi connectivity index (χ3n) is 4.20. The summed E-state index contributed by atoms with van der Waals surface area (Å²) in [5.74, 6) is -0.784. The topological polar surface area (TPSA) is 60.9 Å². The molecule has 0 atom stereocenters. The smallest absolute Gasteiger partial charge is 0.303 e. The van der Waals surface area contributed by atoms with Gasteiger partial charge in [-0.05, 0) is 24.8 Å². The quantitative estimate of drug-likeness (QED) is 0.808. The SMILES string of the molecule is CCN1CCC(N(C)C(=O)CC(C)(C)CC(=O)O)CC1. The molecule has 1 aliphatic heterocycles. The average molecular weight is 284 g/mol. The molecule has 1 N–H and O–H groups in total. The van der Waals surface area contributed by atoms with Gasteiger partial charge < -0.3 is 14.9 Å². The van der Waals surface area contributed by atoms with Crippen molar-refractivity contribution >= 4 is 11.9 Å². The Balaban J connectivity index is 2.49. The standard InChI is InChI=1S/C15H28N2O3/c1-5-17-8-6-12(7-9-17)16(4)13(18)10-15(2,3)11-14(19)20/h12H,5-11H2,1-4H3,(H,19,20). The van der Waals surface area contributed by atoms with Gasteiger partial charge in [-0.15, -0.1) is 0 Å². The van der Waals surface area contributed by atoms with Crippen molar-refractivity contribution in [1.29, 1.82) is 0 Å². The first-order valence-corrected chi connectivity index (χ1v) is 7.45. The molecule has 5 nitrogen and oxygen atoms in total. The summed E-state index contributed by atoms with van der Waals surface area (Å²) < 4.78 is 0. The molecule has 0 radical (unpaired) electrons. The van der Waals surface area contributed by atoms with Crippen LogP contribution in [0.2, 0.25) is 0 Å². The average Bonchev–Trinajstić information content (AvgIpc) is 2.35. The Kier molecular flexibility index (Phi) is 5.99. The van der Waals surface area contributed by atoms with Crippen LogP contribution in [0.15, 0.2) is 0 Å². The molecule has 0 aromatic heterocycles. The van der Waals surface area contributed by atoms with Crippen LogP contribution >= 0.6 is 0 Å². The summed E-state index contributed by atoms with van der Waals surface area (Å²) in [7, 11) is 1.85. The number of hydrogen-bond acceptors (Lipinski definition) is 3. The minimum absolute atomic E-state index is 0.0286. The van der Waals surface area contributed by atoms with E-state index in [1.807, 2.05) is 25.8 Å². The van der Waals surface area contributed by atoms with Gasteiger partial charge in [-0.3, -0.25) is 9.59 Å². The molecular formula is C15H28N2O3. The molecule has 0 aliphatic carbocycles. The number of piperidine rings is 1. The molecule has 0 bridgehead atoms. The van der Waals surface area contributed by atoms with Crippen LogP contribution in [0.4, 0.5) is 0 Å². The van der Waals surface area contributed by atoms with E-state index in [-0.39, 0.29) is 12.3 Å². The molecule has 1 rings (SSSR count). The first kappa shape index (κ1) is 17.0. The molecule has 0 unspecified atom stereocenters. The number of carbonyl (C=O) groups excluding carboxylic acids is 1. The molecule has 5 heteroatoms. The van der Waals surface area contributed by atoms with Crippen LogP contribution in [0.1, 0.15) is 46.5 Å². The minimum Gasteiger partial charge on any atom is -0.481 e. The second kappa shape index (κ2) is 7.07. The van der Waals surface area contributed by atoms with Crippen LogP contribution in [0.25, 0.3) is 0 Å². The Labute approximate surface area is 121 Å². The predicted molar refractivity (Wildman–Crippen MR) is 78.6 cm³/mol. The van der Waals surface area contributed by atoms with E-state index in [0.29, 0.717) is 12.5 Å². The number of hydrogen-bond donors (Lipinski definition) is 1. The van der Waals surface area contributed by atoms with Gasteiger partial charge >= 0.3 is 5.97 Å². The van der Waals surface area contributed by atoms with Gasteiger partial charge in [0.05, 0.1) is 6.42 Å². The minimum atomic E-state index is -0.846. The molecule has 0 aromatic rings. The van der Waals surface area contributed by atoms with E-state index in [0.717, 1.165) is 32.5 Å². The summed E-state index contributed by atoms with van der Waals surface area (Å²) in [5, 5.41) is 8.88. The predicted octanol–water partition coefficient (Wildman–Crippen LogP) is 1.82. The normalized spacial score (nSPS) is 18.0. The van der Waals surface area contributed by atoms with Crippen LogP contribution in [0.5, 0.6) is 0 Å². The fourth-order valence-electron chi connectivity index (χ4n) is 2.83. The maximum atomic E-state index is 12.3. The summed E-state index contributed by atoms with van der Waals surface area (Å²) in [5.41, 5.74) is -0.485. The van der Waals surface area contributed by atoms with Crippen LogP contribution in [-0.4, -0.2) is 59.5 Å². The maximum absolute atomic E-state index is 12.3. The van der Waals surface area contributed by atoms with Crippen molar-refractivity contribution in [1.82, 2.24) is 9.80 Å². The third kappa shape index (κ3) is 5.12. The molecule has 0 saturated carbocycles. The Bertz CT molecular complexity index is 347. The summed E-state index contributed by atoms with van der Waals surface area (Å²) in [4.78, 5) is 27.3. The lowest BCUT2D eigenvalue weighted by atomic mass is 9.85. The molecule has 1 saturated heterocycles. The monoisotopic (exact) mass is 284 g/mol. The van der Waals surface area contributed by atoms with E-state index in [4.69, 9.17) is 5.11 Å². The zero-order valence-electron chi connectivity index (χ0n) is 13.2. The lowest BCUT2D eigenvalue weighted by Gasteiger charge is -2.37. The number of carboxylic acid groups (broad SMARTS) is 1. The van der Waals surface area contributed by atoms with Crippen LogP contribution in [-0.2, 0) is 9.59 Å². The molecular weight excluding hydrogens is 256 g/mol. The van der Waals surface area contributed by atoms with Crippen molar-refractivity contribution in [3.63, 3.8) is 0 Å². The number of carboxylic acids is 1. The number of aliphatic carboxylic acids is 1. The van der Waals surface area contributed by atoms with Crippen molar-refractivity contribution in [3.8, 4) is 0 Å². The lowest BCUT2D eigenvalue weighted by Crippen LogP contribution is -2.46. The largest absolute Gasteiger partial charge is 0.481 e. The highest BCUT2D eigenvalue weighted by Crippen LogP contribution is 2.27. The number of rotatable bonds is 6. The van der Waals surface area contributed by atoms with E-state index < -0.39 is 11.4 Å². The Morgan fingerprint density at radius 2 is 1.80 bits per heavy atom. The highest BCUT2D eigenvalue weighted by molar-refractivity contribution is 5.78. The number of nitrogens with zero attached hydrogens (tertiary/aromatic N) is 2. The van der Waals surface area contributed by atoms with Crippen molar-refractivity contribution in [2.75, 3.05) is 26.7 Å². The molecule has 1 heterocycles. The molecule has 0 aromatic carbocycles.